The second-order valence-electron chi connectivity index (χ2n) is 7.86. The summed E-state index contributed by atoms with van der Waals surface area (Å²) in [6.45, 7) is 11.4. The fourth-order valence-electron chi connectivity index (χ4n) is 3.89. The number of likely N-dealkylation sites (tertiary alicyclic amines) is 1. The molecule has 0 amide bonds. The van der Waals surface area contributed by atoms with E-state index < -0.39 is 5.60 Å². The Hall–Kier alpha value is -0.160. The van der Waals surface area contributed by atoms with Gasteiger partial charge in [-0.3, -0.25) is 0 Å². The molecule has 0 saturated carbocycles. The fraction of sp³-hybridized carbons (Fsp3) is 1.00. The van der Waals surface area contributed by atoms with E-state index in [1.165, 1.54) is 12.8 Å². The highest BCUT2D eigenvalue weighted by Crippen LogP contribution is 2.42. The summed E-state index contributed by atoms with van der Waals surface area (Å²) in [7, 11) is 4.33. The van der Waals surface area contributed by atoms with Crippen LogP contribution >= 0.6 is 0 Å². The topological polar surface area (TPSA) is 35.9 Å². The van der Waals surface area contributed by atoms with Gasteiger partial charge in [0.1, 0.15) is 0 Å². The van der Waals surface area contributed by atoms with E-state index in [2.05, 4.69) is 37.7 Å². The van der Waals surface area contributed by atoms with Gasteiger partial charge < -0.3 is 19.6 Å². The number of ether oxygens (including phenoxy) is 1. The van der Waals surface area contributed by atoms with Crippen LogP contribution in [0.3, 0.4) is 0 Å². The molecule has 4 nitrogen and oxygen atoms in total. The lowest BCUT2D eigenvalue weighted by Crippen LogP contribution is -2.48. The Balaban J connectivity index is 1.94. The van der Waals surface area contributed by atoms with Crippen molar-refractivity contribution in [2.75, 3.05) is 33.7 Å². The molecule has 2 aliphatic rings. The van der Waals surface area contributed by atoms with Crippen LogP contribution in [0.2, 0.25) is 0 Å². The number of rotatable bonds is 3. The van der Waals surface area contributed by atoms with Gasteiger partial charge in [-0.1, -0.05) is 0 Å². The van der Waals surface area contributed by atoms with Crippen molar-refractivity contribution in [2.24, 2.45) is 5.92 Å². The van der Waals surface area contributed by atoms with Crippen molar-refractivity contribution in [1.29, 1.82) is 0 Å². The van der Waals surface area contributed by atoms with E-state index in [0.717, 1.165) is 19.6 Å². The Morgan fingerprint density at radius 3 is 2.05 bits per heavy atom. The zero-order chi connectivity index (χ0) is 15.1. The molecule has 0 radical (unpaired) electrons. The summed E-state index contributed by atoms with van der Waals surface area (Å²) in [5.41, 5.74) is -0.683. The molecule has 118 valence electrons. The maximum atomic E-state index is 10.6. The molecule has 2 saturated heterocycles. The molecule has 2 heterocycles. The number of nitrogens with zero attached hydrogens (tertiary/aromatic N) is 2. The quantitative estimate of drug-likeness (QED) is 0.853. The molecule has 20 heavy (non-hydrogen) atoms. The Morgan fingerprint density at radius 1 is 1.10 bits per heavy atom. The highest BCUT2D eigenvalue weighted by Gasteiger charge is 2.53. The first-order chi connectivity index (χ1) is 9.13. The minimum atomic E-state index is -0.434. The lowest BCUT2D eigenvalue weighted by molar-refractivity contribution is -0.0914. The highest BCUT2D eigenvalue weighted by molar-refractivity contribution is 5.02. The third kappa shape index (κ3) is 3.19. The highest BCUT2D eigenvalue weighted by atomic mass is 16.5. The van der Waals surface area contributed by atoms with Gasteiger partial charge in [0.2, 0.25) is 0 Å². The number of aliphatic hydroxyl groups is 1. The molecule has 0 spiro atoms. The van der Waals surface area contributed by atoms with Gasteiger partial charge >= 0.3 is 0 Å². The summed E-state index contributed by atoms with van der Waals surface area (Å²) in [5.74, 6) is 0.188. The molecule has 0 aromatic heterocycles. The average molecular weight is 284 g/mol. The lowest BCUT2D eigenvalue weighted by Gasteiger charge is -2.38. The van der Waals surface area contributed by atoms with Crippen molar-refractivity contribution >= 4 is 0 Å². The van der Waals surface area contributed by atoms with Crippen molar-refractivity contribution in [3.05, 3.63) is 0 Å². The number of piperidine rings is 1. The smallest absolute Gasteiger partial charge is 0.0896 e. The van der Waals surface area contributed by atoms with Crippen LogP contribution in [0.4, 0.5) is 0 Å². The van der Waals surface area contributed by atoms with Gasteiger partial charge in [0.25, 0.3) is 0 Å². The Morgan fingerprint density at radius 2 is 1.65 bits per heavy atom. The molecule has 2 unspecified atom stereocenters. The van der Waals surface area contributed by atoms with E-state index in [-0.39, 0.29) is 17.6 Å². The molecular weight excluding hydrogens is 252 g/mol. The van der Waals surface area contributed by atoms with Crippen molar-refractivity contribution in [1.82, 2.24) is 9.80 Å². The van der Waals surface area contributed by atoms with E-state index in [1.54, 1.807) is 0 Å². The molecule has 0 aromatic carbocycles. The van der Waals surface area contributed by atoms with Crippen LogP contribution in [0.25, 0.3) is 0 Å². The molecule has 1 N–H and O–H groups in total. The summed E-state index contributed by atoms with van der Waals surface area (Å²) in [5, 5.41) is 10.6. The van der Waals surface area contributed by atoms with Crippen molar-refractivity contribution in [3.63, 3.8) is 0 Å². The summed E-state index contributed by atoms with van der Waals surface area (Å²) < 4.78 is 6.08. The van der Waals surface area contributed by atoms with Gasteiger partial charge in [-0.2, -0.15) is 0 Å². The first-order valence-corrected chi connectivity index (χ1v) is 7.90. The Bertz CT molecular complexity index is 333. The molecule has 2 aliphatic heterocycles. The number of hydrogen-bond acceptors (Lipinski definition) is 4. The minimum absolute atomic E-state index is 0.188. The molecular formula is C16H32N2O2. The summed E-state index contributed by atoms with van der Waals surface area (Å²) in [6.07, 6.45) is 2.06. The van der Waals surface area contributed by atoms with Crippen LogP contribution in [-0.4, -0.2) is 72.0 Å². The van der Waals surface area contributed by atoms with Gasteiger partial charge in [0.05, 0.1) is 17.3 Å². The summed E-state index contributed by atoms with van der Waals surface area (Å²) >= 11 is 0. The van der Waals surface area contributed by atoms with Gasteiger partial charge in [-0.05, 0) is 67.7 Å². The van der Waals surface area contributed by atoms with Crippen LogP contribution in [0.5, 0.6) is 0 Å². The van der Waals surface area contributed by atoms with Gasteiger partial charge in [-0.15, -0.1) is 0 Å². The zero-order valence-corrected chi connectivity index (χ0v) is 14.0. The predicted molar refractivity (Wildman–Crippen MR) is 81.9 cm³/mol. The molecule has 0 aromatic rings. The minimum Gasteiger partial charge on any atom is -0.390 e. The molecule has 2 fully saturated rings. The van der Waals surface area contributed by atoms with Crippen molar-refractivity contribution < 1.29 is 9.84 Å². The van der Waals surface area contributed by atoms with Crippen LogP contribution in [0.1, 0.15) is 40.5 Å². The Labute approximate surface area is 124 Å². The first-order valence-electron chi connectivity index (χ1n) is 7.90. The summed E-state index contributed by atoms with van der Waals surface area (Å²) in [4.78, 5) is 4.83. The largest absolute Gasteiger partial charge is 0.390 e. The SMILES string of the molecule is CN(C)C1CCN(CC2C(O)C(C)(C)OC2(C)C)CC1. The van der Waals surface area contributed by atoms with Gasteiger partial charge in [0, 0.05) is 18.5 Å². The van der Waals surface area contributed by atoms with E-state index in [9.17, 15) is 5.11 Å². The predicted octanol–water partition coefficient (Wildman–Crippen LogP) is 1.58. The van der Waals surface area contributed by atoms with E-state index >= 15 is 0 Å². The lowest BCUT2D eigenvalue weighted by atomic mass is 9.84. The third-order valence-electron chi connectivity index (χ3n) is 5.25. The van der Waals surface area contributed by atoms with Crippen LogP contribution in [0, 0.1) is 5.92 Å². The van der Waals surface area contributed by atoms with Gasteiger partial charge in [0.15, 0.2) is 0 Å². The average Bonchev–Trinajstić information content (AvgIpc) is 2.48. The number of aliphatic hydroxyl groups excluding tert-OH is 1. The summed E-state index contributed by atoms with van der Waals surface area (Å²) in [6, 6.07) is 0.709. The molecule has 0 bridgehead atoms. The Kier molecular flexibility index (Phi) is 4.51. The second-order valence-corrected chi connectivity index (χ2v) is 7.86. The van der Waals surface area contributed by atoms with Crippen molar-refractivity contribution in [2.45, 2.75) is 63.9 Å². The standard InChI is InChI=1S/C16H32N2O2/c1-15(2)13(14(19)16(3,4)20-15)11-18-9-7-12(8-10-18)17(5)6/h12-14,19H,7-11H2,1-6H3. The van der Waals surface area contributed by atoms with Gasteiger partial charge in [-0.25, -0.2) is 0 Å². The van der Waals surface area contributed by atoms with Crippen LogP contribution in [0.15, 0.2) is 0 Å². The maximum absolute atomic E-state index is 10.6. The number of hydrogen-bond donors (Lipinski definition) is 1. The van der Waals surface area contributed by atoms with Crippen LogP contribution < -0.4 is 0 Å². The normalized spacial score (nSPS) is 34.8. The third-order valence-corrected chi connectivity index (χ3v) is 5.25. The molecule has 0 aliphatic carbocycles. The van der Waals surface area contributed by atoms with E-state index in [4.69, 9.17) is 4.74 Å². The first kappa shape index (κ1) is 16.2. The van der Waals surface area contributed by atoms with Crippen LogP contribution in [-0.2, 0) is 4.74 Å². The monoisotopic (exact) mass is 284 g/mol. The molecule has 2 rings (SSSR count). The van der Waals surface area contributed by atoms with E-state index in [1.807, 2.05) is 13.8 Å². The molecule has 4 heteroatoms. The molecule has 2 atom stereocenters. The second kappa shape index (κ2) is 5.56. The van der Waals surface area contributed by atoms with E-state index in [0.29, 0.717) is 6.04 Å². The fourth-order valence-corrected chi connectivity index (χ4v) is 3.89. The maximum Gasteiger partial charge on any atom is 0.0896 e. The zero-order valence-electron chi connectivity index (χ0n) is 14.0. The van der Waals surface area contributed by atoms with Crippen molar-refractivity contribution in [3.8, 4) is 0 Å².